The summed E-state index contributed by atoms with van der Waals surface area (Å²) in [6.45, 7) is 2.49. The van der Waals surface area contributed by atoms with Gasteiger partial charge in [0.05, 0.1) is 5.54 Å². The summed E-state index contributed by atoms with van der Waals surface area (Å²) in [6.07, 6.45) is 0.973. The number of urea groups is 1. The van der Waals surface area contributed by atoms with Crippen molar-refractivity contribution in [3.05, 3.63) is 24.3 Å². The number of carbonyl (C=O) groups excluding carboxylic acids is 1. The summed E-state index contributed by atoms with van der Waals surface area (Å²) in [5.41, 5.74) is 7.23. The quantitative estimate of drug-likeness (QED) is 0.619. The summed E-state index contributed by atoms with van der Waals surface area (Å²) >= 11 is 0. The maximum atomic E-state index is 12.0. The van der Waals surface area contributed by atoms with E-state index in [2.05, 4.69) is 10.6 Å². The van der Waals surface area contributed by atoms with Crippen molar-refractivity contribution in [1.82, 2.24) is 10.6 Å². The first-order valence-electron chi connectivity index (χ1n) is 5.86. The number of amides is 2. The summed E-state index contributed by atoms with van der Waals surface area (Å²) in [5.74, 6) is 0. The number of benzene rings is 1. The van der Waals surface area contributed by atoms with Gasteiger partial charge in [-0.05, 0) is 31.2 Å². The van der Waals surface area contributed by atoms with E-state index in [0.29, 0.717) is 12.2 Å². The van der Waals surface area contributed by atoms with E-state index >= 15 is 0 Å². The van der Waals surface area contributed by atoms with Crippen LogP contribution >= 0.6 is 0 Å². The Morgan fingerprint density at radius 3 is 2.94 bits per heavy atom. The van der Waals surface area contributed by atoms with Crippen LogP contribution < -0.4 is 21.3 Å². The number of hydrogen-bond acceptors (Lipinski definition) is 3. The Kier molecular flexibility index (Phi) is 2.22. The van der Waals surface area contributed by atoms with Gasteiger partial charge in [0.15, 0.2) is 0 Å². The highest BCUT2D eigenvalue weighted by Gasteiger charge is 2.47. The molecule has 2 aliphatic heterocycles. The molecule has 1 spiro atoms. The summed E-state index contributed by atoms with van der Waals surface area (Å²) in [7, 11) is 0. The van der Waals surface area contributed by atoms with Gasteiger partial charge in [-0.2, -0.15) is 0 Å². The third-order valence-corrected chi connectivity index (χ3v) is 3.60. The highest BCUT2D eigenvalue weighted by Crippen LogP contribution is 2.33. The summed E-state index contributed by atoms with van der Waals surface area (Å²) in [6, 6.07) is 7.47. The molecule has 5 heteroatoms. The number of nitrogens with zero attached hydrogens (tertiary/aromatic N) is 1. The molecule has 2 fully saturated rings. The molecule has 2 heterocycles. The minimum absolute atomic E-state index is 0.0284. The first kappa shape index (κ1) is 10.4. The second-order valence-corrected chi connectivity index (χ2v) is 4.74. The Morgan fingerprint density at radius 2 is 2.24 bits per heavy atom. The monoisotopic (exact) mass is 232 g/mol. The Morgan fingerprint density at radius 1 is 1.35 bits per heavy atom. The van der Waals surface area contributed by atoms with E-state index in [1.165, 1.54) is 0 Å². The highest BCUT2D eigenvalue weighted by atomic mass is 16.2. The number of nitrogen functional groups attached to an aromatic ring is 1. The van der Waals surface area contributed by atoms with E-state index in [0.717, 1.165) is 25.2 Å². The fourth-order valence-corrected chi connectivity index (χ4v) is 2.74. The average Bonchev–Trinajstić information content (AvgIpc) is 2.88. The molecule has 3 rings (SSSR count). The SMILES string of the molecule is Nc1cccc(N2C(=O)NCC23CCNC3)c1. The lowest BCUT2D eigenvalue weighted by Gasteiger charge is -2.32. The lowest BCUT2D eigenvalue weighted by molar-refractivity contribution is 0.251. The third-order valence-electron chi connectivity index (χ3n) is 3.60. The first-order valence-corrected chi connectivity index (χ1v) is 5.86. The van der Waals surface area contributed by atoms with Gasteiger partial charge in [-0.25, -0.2) is 4.79 Å². The maximum absolute atomic E-state index is 12.0. The topological polar surface area (TPSA) is 70.4 Å². The Bertz CT molecular complexity index is 454. The zero-order valence-electron chi connectivity index (χ0n) is 9.57. The number of rotatable bonds is 1. The van der Waals surface area contributed by atoms with Crippen molar-refractivity contribution in [2.24, 2.45) is 0 Å². The molecule has 2 aliphatic rings. The molecule has 1 aromatic carbocycles. The number of anilines is 2. The van der Waals surface area contributed by atoms with Gasteiger partial charge in [-0.3, -0.25) is 4.90 Å². The maximum Gasteiger partial charge on any atom is 0.322 e. The van der Waals surface area contributed by atoms with Crippen molar-refractivity contribution in [1.29, 1.82) is 0 Å². The van der Waals surface area contributed by atoms with Gasteiger partial charge in [0.2, 0.25) is 0 Å². The lowest BCUT2D eigenvalue weighted by Crippen LogP contribution is -2.49. The van der Waals surface area contributed by atoms with Crippen LogP contribution in [0.1, 0.15) is 6.42 Å². The smallest absolute Gasteiger partial charge is 0.322 e. The van der Waals surface area contributed by atoms with Crippen LogP contribution in [0.4, 0.5) is 16.2 Å². The summed E-state index contributed by atoms with van der Waals surface area (Å²) in [5, 5.41) is 6.25. The van der Waals surface area contributed by atoms with Crippen LogP contribution in [-0.2, 0) is 0 Å². The number of nitrogens with two attached hydrogens (primary N) is 1. The van der Waals surface area contributed by atoms with Gasteiger partial charge < -0.3 is 16.4 Å². The van der Waals surface area contributed by atoms with Crippen LogP contribution in [0, 0.1) is 0 Å². The average molecular weight is 232 g/mol. The van der Waals surface area contributed by atoms with Crippen LogP contribution in [-0.4, -0.2) is 31.2 Å². The van der Waals surface area contributed by atoms with Crippen molar-refractivity contribution in [3.8, 4) is 0 Å². The van der Waals surface area contributed by atoms with Crippen molar-refractivity contribution in [2.75, 3.05) is 30.3 Å². The summed E-state index contributed by atoms with van der Waals surface area (Å²) < 4.78 is 0. The Hall–Kier alpha value is -1.75. The molecule has 1 aromatic rings. The van der Waals surface area contributed by atoms with Gasteiger partial charge in [0.1, 0.15) is 0 Å². The van der Waals surface area contributed by atoms with Gasteiger partial charge in [-0.1, -0.05) is 6.07 Å². The molecule has 0 saturated carbocycles. The molecule has 0 bridgehead atoms. The molecular formula is C12H16N4O. The molecule has 4 N–H and O–H groups in total. The van der Waals surface area contributed by atoms with E-state index in [1.54, 1.807) is 0 Å². The minimum atomic E-state index is -0.120. The molecule has 1 atom stereocenters. The Labute approximate surface area is 100.0 Å². The third kappa shape index (κ3) is 1.54. The van der Waals surface area contributed by atoms with E-state index in [4.69, 9.17) is 5.73 Å². The fourth-order valence-electron chi connectivity index (χ4n) is 2.74. The van der Waals surface area contributed by atoms with E-state index in [-0.39, 0.29) is 11.6 Å². The van der Waals surface area contributed by atoms with Crippen LogP contribution in [0.5, 0.6) is 0 Å². The Balaban J connectivity index is 2.01. The van der Waals surface area contributed by atoms with Crippen LogP contribution in [0.3, 0.4) is 0 Å². The van der Waals surface area contributed by atoms with E-state index in [1.807, 2.05) is 29.2 Å². The second-order valence-electron chi connectivity index (χ2n) is 4.74. The van der Waals surface area contributed by atoms with Gasteiger partial charge in [0, 0.05) is 24.5 Å². The summed E-state index contributed by atoms with van der Waals surface area (Å²) in [4.78, 5) is 13.8. The second kappa shape index (κ2) is 3.63. The predicted octanol–water partition coefficient (Wildman–Crippen LogP) is 0.530. The molecule has 1 unspecified atom stereocenters. The van der Waals surface area contributed by atoms with Gasteiger partial charge >= 0.3 is 6.03 Å². The van der Waals surface area contributed by atoms with Crippen LogP contribution in [0.15, 0.2) is 24.3 Å². The van der Waals surface area contributed by atoms with Crippen molar-refractivity contribution in [2.45, 2.75) is 12.0 Å². The first-order chi connectivity index (χ1) is 8.21. The van der Waals surface area contributed by atoms with E-state index < -0.39 is 0 Å². The van der Waals surface area contributed by atoms with Crippen molar-refractivity contribution < 1.29 is 4.79 Å². The number of hydrogen-bond donors (Lipinski definition) is 3. The highest BCUT2D eigenvalue weighted by molar-refractivity contribution is 5.96. The molecular weight excluding hydrogens is 216 g/mol. The van der Waals surface area contributed by atoms with Crippen LogP contribution in [0.2, 0.25) is 0 Å². The van der Waals surface area contributed by atoms with E-state index in [9.17, 15) is 4.79 Å². The van der Waals surface area contributed by atoms with Crippen molar-refractivity contribution in [3.63, 3.8) is 0 Å². The molecule has 2 saturated heterocycles. The zero-order valence-corrected chi connectivity index (χ0v) is 9.57. The largest absolute Gasteiger partial charge is 0.399 e. The zero-order chi connectivity index (χ0) is 11.9. The standard InChI is InChI=1S/C12H16N4O/c13-9-2-1-3-10(6-9)16-11(17)15-8-12(16)4-5-14-7-12/h1-3,6,14H,4-5,7-8,13H2,(H,15,17). The molecule has 0 aromatic heterocycles. The molecule has 0 aliphatic carbocycles. The molecule has 90 valence electrons. The molecule has 5 nitrogen and oxygen atoms in total. The molecule has 0 radical (unpaired) electrons. The molecule has 17 heavy (non-hydrogen) atoms. The normalized spacial score (nSPS) is 27.8. The fraction of sp³-hybridized carbons (Fsp3) is 0.417. The lowest BCUT2D eigenvalue weighted by atomic mass is 9.97. The number of nitrogens with one attached hydrogen (secondary N) is 2. The van der Waals surface area contributed by atoms with Crippen molar-refractivity contribution >= 4 is 17.4 Å². The van der Waals surface area contributed by atoms with Gasteiger partial charge in [-0.15, -0.1) is 0 Å². The predicted molar refractivity (Wildman–Crippen MR) is 66.9 cm³/mol. The number of carbonyl (C=O) groups is 1. The van der Waals surface area contributed by atoms with Gasteiger partial charge in [0.25, 0.3) is 0 Å². The minimum Gasteiger partial charge on any atom is -0.399 e. The van der Waals surface area contributed by atoms with Crippen LogP contribution in [0.25, 0.3) is 0 Å². The molecule has 2 amide bonds.